The highest BCUT2D eigenvalue weighted by atomic mass is 16.5. The Balaban J connectivity index is 1.84. The summed E-state index contributed by atoms with van der Waals surface area (Å²) in [5.74, 6) is -0.207. The van der Waals surface area contributed by atoms with E-state index >= 15 is 0 Å². The summed E-state index contributed by atoms with van der Waals surface area (Å²) in [6.07, 6.45) is 3.00. The molecule has 3 aromatic rings. The number of ketones is 1. The second-order valence-electron chi connectivity index (χ2n) is 7.75. The predicted molar refractivity (Wildman–Crippen MR) is 133 cm³/mol. The third kappa shape index (κ3) is 4.61. The van der Waals surface area contributed by atoms with Gasteiger partial charge < -0.3 is 19.3 Å². The number of hydrogen-bond acceptors (Lipinski definition) is 6. The van der Waals surface area contributed by atoms with Crippen molar-refractivity contribution in [2.24, 2.45) is 0 Å². The molecule has 1 heterocycles. The van der Waals surface area contributed by atoms with E-state index in [1.165, 1.54) is 25.2 Å². The van der Waals surface area contributed by atoms with Crippen LogP contribution in [0.4, 0.5) is 5.69 Å². The highest BCUT2D eigenvalue weighted by Gasteiger charge is 2.45. The molecule has 0 fully saturated rings. The van der Waals surface area contributed by atoms with Crippen LogP contribution < -0.4 is 19.1 Å². The van der Waals surface area contributed by atoms with Gasteiger partial charge in [0.15, 0.2) is 11.5 Å². The number of aliphatic hydroxyl groups is 1. The Morgan fingerprint density at radius 1 is 0.886 bits per heavy atom. The zero-order valence-electron chi connectivity index (χ0n) is 19.6. The number of carbonyl (C=O) groups excluding carboxylic acids is 2. The van der Waals surface area contributed by atoms with E-state index in [0.29, 0.717) is 28.5 Å². The maximum absolute atomic E-state index is 13.4. The van der Waals surface area contributed by atoms with Crippen LogP contribution in [0.15, 0.2) is 90.2 Å². The van der Waals surface area contributed by atoms with Crippen LogP contribution in [0.1, 0.15) is 17.2 Å². The number of methoxy groups -OCH3 is 3. The number of anilines is 1. The second-order valence-corrected chi connectivity index (χ2v) is 7.75. The fourth-order valence-electron chi connectivity index (χ4n) is 4.03. The number of nitrogens with zero attached hydrogens (tertiary/aromatic N) is 1. The van der Waals surface area contributed by atoms with Crippen LogP contribution >= 0.6 is 0 Å². The number of carbonyl (C=O) groups is 2. The van der Waals surface area contributed by atoms with Crippen molar-refractivity contribution in [2.45, 2.75) is 6.04 Å². The number of aliphatic hydroxyl groups excluding tert-OH is 1. The van der Waals surface area contributed by atoms with Gasteiger partial charge in [0.1, 0.15) is 17.2 Å². The summed E-state index contributed by atoms with van der Waals surface area (Å²) in [4.78, 5) is 28.1. The van der Waals surface area contributed by atoms with E-state index in [1.54, 1.807) is 55.7 Å². The second kappa shape index (κ2) is 10.2. The lowest BCUT2D eigenvalue weighted by Gasteiger charge is -2.28. The molecule has 1 N–H and O–H groups in total. The van der Waals surface area contributed by atoms with Crippen LogP contribution in [0.3, 0.4) is 0 Å². The molecule has 7 nitrogen and oxygen atoms in total. The molecule has 0 radical (unpaired) electrons. The number of ether oxygens (including phenoxy) is 3. The first-order valence-electron chi connectivity index (χ1n) is 10.9. The smallest absolute Gasteiger partial charge is 0.294 e. The van der Waals surface area contributed by atoms with Crippen LogP contribution in [0, 0.1) is 0 Å². The van der Waals surface area contributed by atoms with Gasteiger partial charge in [-0.1, -0.05) is 36.4 Å². The maximum atomic E-state index is 13.4. The molecule has 0 bridgehead atoms. The SMILES string of the molecule is COc1ccc(N2C(=O)C(O)=C(C(=O)C=Cc3ccccc3)C2c2ccc(OC)cc2OC)cc1. The van der Waals surface area contributed by atoms with Gasteiger partial charge in [-0.15, -0.1) is 0 Å². The average Bonchev–Trinajstić information content (AvgIpc) is 3.17. The first kappa shape index (κ1) is 23.6. The fourth-order valence-corrected chi connectivity index (χ4v) is 4.03. The van der Waals surface area contributed by atoms with Gasteiger partial charge in [0.2, 0.25) is 0 Å². The Labute approximate surface area is 203 Å². The van der Waals surface area contributed by atoms with Crippen molar-refractivity contribution in [3.05, 3.63) is 101 Å². The van der Waals surface area contributed by atoms with Gasteiger partial charge in [0, 0.05) is 17.3 Å². The molecule has 4 rings (SSSR count). The number of amides is 1. The van der Waals surface area contributed by atoms with Crippen molar-refractivity contribution in [2.75, 3.05) is 26.2 Å². The van der Waals surface area contributed by atoms with E-state index in [1.807, 2.05) is 30.3 Å². The van der Waals surface area contributed by atoms with Crippen LogP contribution in [0.25, 0.3) is 6.08 Å². The Kier molecular flexibility index (Phi) is 6.87. The van der Waals surface area contributed by atoms with Crippen LogP contribution in [0.5, 0.6) is 17.2 Å². The summed E-state index contributed by atoms with van der Waals surface area (Å²) in [5, 5.41) is 10.9. The molecule has 0 spiro atoms. The Morgan fingerprint density at radius 2 is 1.54 bits per heavy atom. The van der Waals surface area contributed by atoms with Crippen molar-refractivity contribution in [1.82, 2.24) is 0 Å². The van der Waals surface area contributed by atoms with Crippen LogP contribution in [-0.2, 0) is 9.59 Å². The first-order valence-corrected chi connectivity index (χ1v) is 10.9. The van der Waals surface area contributed by atoms with E-state index < -0.39 is 23.5 Å². The van der Waals surface area contributed by atoms with Gasteiger partial charge >= 0.3 is 0 Å². The summed E-state index contributed by atoms with van der Waals surface area (Å²) < 4.78 is 16.1. The molecule has 178 valence electrons. The van der Waals surface area contributed by atoms with E-state index in [4.69, 9.17) is 14.2 Å². The maximum Gasteiger partial charge on any atom is 0.294 e. The molecule has 0 aromatic heterocycles. The average molecular weight is 472 g/mol. The van der Waals surface area contributed by atoms with Crippen LogP contribution in [-0.4, -0.2) is 38.1 Å². The number of allylic oxidation sites excluding steroid dienone is 1. The van der Waals surface area contributed by atoms with E-state index in [2.05, 4.69) is 0 Å². The highest BCUT2D eigenvalue weighted by molar-refractivity contribution is 6.20. The van der Waals surface area contributed by atoms with Gasteiger partial charge in [0.25, 0.3) is 5.91 Å². The summed E-state index contributed by atoms with van der Waals surface area (Å²) in [5.41, 5.74) is 1.79. The van der Waals surface area contributed by atoms with Crippen LogP contribution in [0.2, 0.25) is 0 Å². The van der Waals surface area contributed by atoms with Gasteiger partial charge in [-0.3, -0.25) is 14.5 Å². The molecule has 0 saturated carbocycles. The molecule has 3 aromatic carbocycles. The minimum atomic E-state index is -0.926. The molecule has 1 unspecified atom stereocenters. The number of benzene rings is 3. The Bertz CT molecular complexity index is 1290. The lowest BCUT2D eigenvalue weighted by Crippen LogP contribution is -2.31. The zero-order chi connectivity index (χ0) is 24.9. The van der Waals surface area contributed by atoms with Crippen molar-refractivity contribution in [3.8, 4) is 17.2 Å². The molecule has 0 aliphatic carbocycles. The third-order valence-corrected chi connectivity index (χ3v) is 5.79. The molecular formula is C28H25NO6. The standard InChI is InChI=1S/C28H25NO6/c1-33-20-12-10-19(11-13-20)29-26(22-15-14-21(34-2)17-24(22)35-3)25(27(31)28(29)32)23(30)16-9-18-7-5-4-6-8-18/h4-17,26,31H,1-3H3. The van der Waals surface area contributed by atoms with E-state index in [0.717, 1.165) is 5.56 Å². The van der Waals surface area contributed by atoms with Crippen molar-refractivity contribution < 1.29 is 28.9 Å². The van der Waals surface area contributed by atoms with E-state index in [9.17, 15) is 14.7 Å². The molecule has 0 saturated heterocycles. The summed E-state index contributed by atoms with van der Waals surface area (Å²) in [6.45, 7) is 0. The number of hydrogen-bond donors (Lipinski definition) is 1. The summed E-state index contributed by atoms with van der Waals surface area (Å²) >= 11 is 0. The topological polar surface area (TPSA) is 85.3 Å². The Hall–Kier alpha value is -4.52. The largest absolute Gasteiger partial charge is 0.503 e. The lowest BCUT2D eigenvalue weighted by atomic mass is 9.94. The van der Waals surface area contributed by atoms with Crippen molar-refractivity contribution in [3.63, 3.8) is 0 Å². The van der Waals surface area contributed by atoms with Crippen molar-refractivity contribution in [1.29, 1.82) is 0 Å². The summed E-state index contributed by atoms with van der Waals surface area (Å²) in [6, 6.07) is 20.3. The lowest BCUT2D eigenvalue weighted by molar-refractivity contribution is -0.117. The molecule has 1 aliphatic heterocycles. The fraction of sp³-hybridized carbons (Fsp3) is 0.143. The van der Waals surface area contributed by atoms with Gasteiger partial charge in [-0.25, -0.2) is 0 Å². The minimum absolute atomic E-state index is 0.0403. The minimum Gasteiger partial charge on any atom is -0.503 e. The third-order valence-electron chi connectivity index (χ3n) is 5.79. The normalized spacial score (nSPS) is 15.6. The number of rotatable bonds is 8. The molecule has 1 amide bonds. The van der Waals surface area contributed by atoms with Gasteiger partial charge in [-0.05, 0) is 48.0 Å². The van der Waals surface area contributed by atoms with Gasteiger partial charge in [0.05, 0.1) is 32.9 Å². The molecular weight excluding hydrogens is 446 g/mol. The molecule has 35 heavy (non-hydrogen) atoms. The molecule has 1 atom stereocenters. The Morgan fingerprint density at radius 3 is 2.17 bits per heavy atom. The molecule has 1 aliphatic rings. The van der Waals surface area contributed by atoms with Crippen molar-refractivity contribution >= 4 is 23.5 Å². The van der Waals surface area contributed by atoms with Gasteiger partial charge in [-0.2, -0.15) is 0 Å². The summed E-state index contributed by atoms with van der Waals surface area (Å²) in [7, 11) is 4.57. The predicted octanol–water partition coefficient (Wildman–Crippen LogP) is 4.89. The quantitative estimate of drug-likeness (QED) is 0.471. The highest BCUT2D eigenvalue weighted by Crippen LogP contribution is 2.45. The monoisotopic (exact) mass is 471 g/mol. The zero-order valence-corrected chi connectivity index (χ0v) is 19.6. The van der Waals surface area contributed by atoms with E-state index in [-0.39, 0.29) is 5.57 Å². The first-order chi connectivity index (χ1) is 17.0. The molecule has 7 heteroatoms.